The van der Waals surface area contributed by atoms with E-state index in [4.69, 9.17) is 4.74 Å². The lowest BCUT2D eigenvalue weighted by Crippen LogP contribution is -2.40. The van der Waals surface area contributed by atoms with Gasteiger partial charge in [0.2, 0.25) is 5.91 Å². The number of H-pyrrole nitrogens is 1. The number of amides is 2. The van der Waals surface area contributed by atoms with Gasteiger partial charge < -0.3 is 25.0 Å². The Morgan fingerprint density at radius 3 is 2.66 bits per heavy atom. The minimum atomic E-state index is -0.596. The van der Waals surface area contributed by atoms with Gasteiger partial charge in [-0.1, -0.05) is 6.07 Å². The summed E-state index contributed by atoms with van der Waals surface area (Å²) in [6.45, 7) is 7.73. The smallest absolute Gasteiger partial charge is 0.410 e. The number of anilines is 1. The molecule has 0 bridgehead atoms. The summed E-state index contributed by atoms with van der Waals surface area (Å²) in [5, 5.41) is 12.7. The van der Waals surface area contributed by atoms with Crippen molar-refractivity contribution in [3.05, 3.63) is 56.8 Å². The van der Waals surface area contributed by atoms with Crippen LogP contribution in [0, 0.1) is 6.92 Å². The lowest BCUT2D eigenvalue weighted by Gasteiger charge is -2.33. The molecule has 0 atom stereocenters. The monoisotopic (exact) mass is 442 g/mol. The molecule has 1 aliphatic heterocycles. The number of hydrogen-bond donors (Lipinski definition) is 3. The number of nitrogens with one attached hydrogen (secondary N) is 2. The van der Waals surface area contributed by atoms with Gasteiger partial charge in [-0.05, 0) is 63.3 Å². The fourth-order valence-electron chi connectivity index (χ4n) is 3.64. The SMILES string of the molecule is Cc1ncc(CCC(=O)Nc2ccc(CO)c3c2CCN(C(=O)OC(C)(C)C)C3)c(=O)[nH]1. The van der Waals surface area contributed by atoms with Crippen LogP contribution in [0.15, 0.2) is 23.1 Å². The minimum absolute atomic E-state index is 0.133. The molecule has 1 aromatic heterocycles. The molecular formula is C23H30N4O5. The van der Waals surface area contributed by atoms with Crippen LogP contribution in [-0.4, -0.2) is 44.1 Å². The molecule has 0 fully saturated rings. The van der Waals surface area contributed by atoms with E-state index >= 15 is 0 Å². The van der Waals surface area contributed by atoms with Crippen LogP contribution >= 0.6 is 0 Å². The molecule has 0 radical (unpaired) electrons. The molecule has 172 valence electrons. The Labute approximate surface area is 186 Å². The van der Waals surface area contributed by atoms with E-state index in [0.717, 1.165) is 11.1 Å². The molecule has 0 saturated heterocycles. The molecule has 0 aliphatic carbocycles. The largest absolute Gasteiger partial charge is 0.444 e. The number of fused-ring (bicyclic) bond motifs is 1. The fraction of sp³-hybridized carbons (Fsp3) is 0.478. The quantitative estimate of drug-likeness (QED) is 0.653. The third-order valence-electron chi connectivity index (χ3n) is 5.23. The standard InChI is InChI=1S/C23H30N4O5/c1-14-24-11-15(21(30)25-14)6-8-20(29)26-19-7-5-16(13-28)18-12-27(10-9-17(18)19)22(31)32-23(2,3)4/h5,7,11,28H,6,8-10,12-13H2,1-4H3,(H,26,29)(H,24,25,30). The lowest BCUT2D eigenvalue weighted by molar-refractivity contribution is -0.116. The highest BCUT2D eigenvalue weighted by Crippen LogP contribution is 2.30. The Bertz CT molecular complexity index is 1070. The molecule has 3 N–H and O–H groups in total. The van der Waals surface area contributed by atoms with Crippen LogP contribution in [0.3, 0.4) is 0 Å². The molecule has 1 aliphatic rings. The van der Waals surface area contributed by atoms with Crippen molar-refractivity contribution in [2.75, 3.05) is 11.9 Å². The summed E-state index contributed by atoms with van der Waals surface area (Å²) >= 11 is 0. The van der Waals surface area contributed by atoms with E-state index in [2.05, 4.69) is 15.3 Å². The molecule has 2 heterocycles. The maximum atomic E-state index is 12.6. The van der Waals surface area contributed by atoms with E-state index in [-0.39, 0.29) is 30.9 Å². The number of aliphatic hydroxyl groups excluding tert-OH is 1. The van der Waals surface area contributed by atoms with E-state index in [0.29, 0.717) is 42.1 Å². The molecule has 2 amide bonds. The zero-order valence-electron chi connectivity index (χ0n) is 18.9. The molecular weight excluding hydrogens is 412 g/mol. The zero-order chi connectivity index (χ0) is 23.5. The van der Waals surface area contributed by atoms with Crippen molar-refractivity contribution < 1.29 is 19.4 Å². The van der Waals surface area contributed by atoms with Crippen molar-refractivity contribution in [2.24, 2.45) is 0 Å². The summed E-state index contributed by atoms with van der Waals surface area (Å²) in [5.74, 6) is 0.303. The van der Waals surface area contributed by atoms with E-state index in [1.54, 1.807) is 24.0 Å². The maximum absolute atomic E-state index is 12.6. The second kappa shape index (κ2) is 9.52. The minimum Gasteiger partial charge on any atom is -0.444 e. The Morgan fingerprint density at radius 1 is 1.25 bits per heavy atom. The average Bonchev–Trinajstić information content (AvgIpc) is 2.71. The van der Waals surface area contributed by atoms with Gasteiger partial charge in [-0.25, -0.2) is 9.78 Å². The van der Waals surface area contributed by atoms with Gasteiger partial charge in [-0.15, -0.1) is 0 Å². The Balaban J connectivity index is 1.72. The number of aromatic amines is 1. The predicted octanol–water partition coefficient (Wildman–Crippen LogP) is 2.44. The fourth-order valence-corrected chi connectivity index (χ4v) is 3.64. The van der Waals surface area contributed by atoms with Crippen LogP contribution < -0.4 is 10.9 Å². The average molecular weight is 443 g/mol. The third-order valence-corrected chi connectivity index (χ3v) is 5.23. The molecule has 0 spiro atoms. The second-order valence-electron chi connectivity index (χ2n) is 8.91. The van der Waals surface area contributed by atoms with Crippen LogP contribution in [0.2, 0.25) is 0 Å². The molecule has 0 saturated carbocycles. The van der Waals surface area contributed by atoms with Gasteiger partial charge in [0.1, 0.15) is 11.4 Å². The summed E-state index contributed by atoms with van der Waals surface area (Å²) < 4.78 is 5.47. The number of benzene rings is 1. The predicted molar refractivity (Wildman–Crippen MR) is 119 cm³/mol. The summed E-state index contributed by atoms with van der Waals surface area (Å²) in [4.78, 5) is 45.3. The highest BCUT2D eigenvalue weighted by molar-refractivity contribution is 5.92. The van der Waals surface area contributed by atoms with Crippen molar-refractivity contribution in [3.63, 3.8) is 0 Å². The summed E-state index contributed by atoms with van der Waals surface area (Å²) in [6.07, 6.45) is 2.02. The normalized spacial score (nSPS) is 13.5. The van der Waals surface area contributed by atoms with Crippen LogP contribution in [0.4, 0.5) is 10.5 Å². The second-order valence-corrected chi connectivity index (χ2v) is 8.91. The Morgan fingerprint density at radius 2 is 2.00 bits per heavy atom. The number of aryl methyl sites for hydroxylation is 2. The molecule has 3 rings (SSSR count). The number of carbonyl (C=O) groups is 2. The number of hydrogen-bond acceptors (Lipinski definition) is 6. The Hall–Kier alpha value is -3.20. The highest BCUT2D eigenvalue weighted by Gasteiger charge is 2.28. The first-order chi connectivity index (χ1) is 15.1. The highest BCUT2D eigenvalue weighted by atomic mass is 16.6. The summed E-state index contributed by atoms with van der Waals surface area (Å²) in [7, 11) is 0. The van der Waals surface area contributed by atoms with Crippen molar-refractivity contribution in [1.29, 1.82) is 0 Å². The molecule has 0 unspecified atom stereocenters. The summed E-state index contributed by atoms with van der Waals surface area (Å²) in [6, 6.07) is 3.52. The van der Waals surface area contributed by atoms with Gasteiger partial charge in [0.15, 0.2) is 0 Å². The van der Waals surface area contributed by atoms with Gasteiger partial charge in [0.05, 0.1) is 6.61 Å². The number of aliphatic hydroxyl groups is 1. The van der Waals surface area contributed by atoms with Crippen LogP contribution in [0.5, 0.6) is 0 Å². The molecule has 9 nitrogen and oxygen atoms in total. The van der Waals surface area contributed by atoms with Gasteiger partial charge in [-0.3, -0.25) is 9.59 Å². The van der Waals surface area contributed by atoms with Crippen LogP contribution in [-0.2, 0) is 35.5 Å². The number of ether oxygens (including phenoxy) is 1. The first-order valence-electron chi connectivity index (χ1n) is 10.6. The van der Waals surface area contributed by atoms with Crippen molar-refractivity contribution >= 4 is 17.7 Å². The number of carbonyl (C=O) groups excluding carboxylic acids is 2. The molecule has 2 aromatic rings. The number of rotatable bonds is 5. The van der Waals surface area contributed by atoms with E-state index < -0.39 is 11.7 Å². The van der Waals surface area contributed by atoms with Gasteiger partial charge in [0, 0.05) is 37.0 Å². The van der Waals surface area contributed by atoms with E-state index in [1.807, 2.05) is 20.8 Å². The van der Waals surface area contributed by atoms with Crippen LogP contribution in [0.25, 0.3) is 0 Å². The first-order valence-corrected chi connectivity index (χ1v) is 10.6. The van der Waals surface area contributed by atoms with Gasteiger partial charge >= 0.3 is 6.09 Å². The number of nitrogens with zero attached hydrogens (tertiary/aromatic N) is 2. The third kappa shape index (κ3) is 5.73. The molecule has 32 heavy (non-hydrogen) atoms. The van der Waals surface area contributed by atoms with Gasteiger partial charge in [0.25, 0.3) is 5.56 Å². The molecule has 1 aromatic carbocycles. The van der Waals surface area contributed by atoms with Gasteiger partial charge in [-0.2, -0.15) is 0 Å². The topological polar surface area (TPSA) is 125 Å². The van der Waals surface area contributed by atoms with E-state index in [9.17, 15) is 19.5 Å². The lowest BCUT2D eigenvalue weighted by atomic mass is 9.93. The Kier molecular flexibility index (Phi) is 6.98. The first kappa shape index (κ1) is 23.5. The number of aromatic nitrogens is 2. The van der Waals surface area contributed by atoms with E-state index in [1.165, 1.54) is 6.20 Å². The van der Waals surface area contributed by atoms with Crippen molar-refractivity contribution in [3.8, 4) is 0 Å². The summed E-state index contributed by atoms with van der Waals surface area (Å²) in [5.41, 5.74) is 2.71. The van der Waals surface area contributed by atoms with Crippen molar-refractivity contribution in [1.82, 2.24) is 14.9 Å². The van der Waals surface area contributed by atoms with Crippen LogP contribution in [0.1, 0.15) is 55.3 Å². The molecule has 9 heteroatoms. The maximum Gasteiger partial charge on any atom is 0.410 e. The van der Waals surface area contributed by atoms with Crippen molar-refractivity contribution in [2.45, 2.75) is 65.7 Å². The zero-order valence-corrected chi connectivity index (χ0v) is 18.9.